The molecule has 0 amide bonds. The number of carbonyl (C=O) groups is 1. The van der Waals surface area contributed by atoms with Crippen LogP contribution in [0.25, 0.3) is 0 Å². The van der Waals surface area contributed by atoms with Crippen molar-refractivity contribution in [1.82, 2.24) is 0 Å². The van der Waals surface area contributed by atoms with Crippen LogP contribution in [0.3, 0.4) is 0 Å². The normalized spacial score (nSPS) is 10.6. The largest absolute Gasteiger partial charge is 0.289 e. The molecule has 0 fully saturated rings. The molecule has 0 heterocycles. The van der Waals surface area contributed by atoms with Gasteiger partial charge >= 0.3 is 0 Å². The summed E-state index contributed by atoms with van der Waals surface area (Å²) in [6.07, 6.45) is 0. The van der Waals surface area contributed by atoms with Gasteiger partial charge in [-0.15, -0.1) is 0 Å². The molecule has 0 unspecified atom stereocenters. The summed E-state index contributed by atoms with van der Waals surface area (Å²) in [6.45, 7) is 5.97. The Morgan fingerprint density at radius 1 is 1.05 bits per heavy atom. The van der Waals surface area contributed by atoms with Gasteiger partial charge in [-0.25, -0.2) is 0 Å². The summed E-state index contributed by atoms with van der Waals surface area (Å²) in [5.41, 5.74) is 4.59. The predicted molar refractivity (Wildman–Crippen MR) is 83.2 cm³/mol. The molecule has 0 aliphatic rings. The molecule has 0 spiro atoms. The van der Waals surface area contributed by atoms with Crippen molar-refractivity contribution >= 4 is 33.3 Å². The standard InChI is InChI=1S/C16H14BrClO/c1-9-6-10(2)15(11(3)7-9)16(19)13-5-4-12(18)8-14(13)17/h4-8H,1-3H3. The van der Waals surface area contributed by atoms with Crippen LogP contribution in [0.5, 0.6) is 0 Å². The summed E-state index contributed by atoms with van der Waals surface area (Å²) in [5.74, 6) is 0.0264. The zero-order chi connectivity index (χ0) is 14.2. The van der Waals surface area contributed by atoms with Crippen LogP contribution in [0.4, 0.5) is 0 Å². The summed E-state index contributed by atoms with van der Waals surface area (Å²) in [7, 11) is 0. The number of halogens is 2. The highest BCUT2D eigenvalue weighted by Crippen LogP contribution is 2.26. The highest BCUT2D eigenvalue weighted by atomic mass is 79.9. The van der Waals surface area contributed by atoms with Gasteiger partial charge in [0.05, 0.1) is 0 Å². The first-order valence-corrected chi connectivity index (χ1v) is 7.15. The van der Waals surface area contributed by atoms with Crippen LogP contribution in [-0.4, -0.2) is 5.78 Å². The molecule has 1 nitrogen and oxygen atoms in total. The SMILES string of the molecule is Cc1cc(C)c(C(=O)c2ccc(Cl)cc2Br)c(C)c1. The lowest BCUT2D eigenvalue weighted by Crippen LogP contribution is -2.07. The Hall–Kier alpha value is -1.12. The number of ketones is 1. The van der Waals surface area contributed by atoms with Crippen LogP contribution in [0.15, 0.2) is 34.8 Å². The minimum absolute atomic E-state index is 0.0264. The molecule has 19 heavy (non-hydrogen) atoms. The maximum Gasteiger partial charge on any atom is 0.194 e. The molecule has 0 aromatic heterocycles. The van der Waals surface area contributed by atoms with E-state index in [0.29, 0.717) is 10.6 Å². The molecule has 2 aromatic carbocycles. The van der Waals surface area contributed by atoms with E-state index in [0.717, 1.165) is 21.2 Å². The van der Waals surface area contributed by atoms with E-state index in [1.807, 2.05) is 32.9 Å². The quantitative estimate of drug-likeness (QED) is 0.683. The fraction of sp³-hybridized carbons (Fsp3) is 0.188. The number of aryl methyl sites for hydroxylation is 3. The molecule has 2 rings (SSSR count). The van der Waals surface area contributed by atoms with E-state index in [-0.39, 0.29) is 5.78 Å². The number of hydrogen-bond acceptors (Lipinski definition) is 1. The maximum atomic E-state index is 12.7. The summed E-state index contributed by atoms with van der Waals surface area (Å²) in [4.78, 5) is 12.7. The fourth-order valence-electron chi connectivity index (χ4n) is 2.35. The van der Waals surface area contributed by atoms with Crippen LogP contribution >= 0.6 is 27.5 Å². The molecule has 0 radical (unpaired) electrons. The second-order valence-corrected chi connectivity index (χ2v) is 6.02. The molecular formula is C16H14BrClO. The van der Waals surface area contributed by atoms with E-state index in [1.54, 1.807) is 18.2 Å². The summed E-state index contributed by atoms with van der Waals surface area (Å²) >= 11 is 9.31. The molecule has 98 valence electrons. The van der Waals surface area contributed by atoms with Crippen LogP contribution in [-0.2, 0) is 0 Å². The van der Waals surface area contributed by atoms with Gasteiger partial charge in [0, 0.05) is 20.6 Å². The van der Waals surface area contributed by atoms with Gasteiger partial charge in [-0.1, -0.05) is 29.3 Å². The van der Waals surface area contributed by atoms with Gasteiger partial charge < -0.3 is 0 Å². The number of rotatable bonds is 2. The van der Waals surface area contributed by atoms with Crippen LogP contribution in [0.2, 0.25) is 5.02 Å². The lowest BCUT2D eigenvalue weighted by Gasteiger charge is -2.11. The highest BCUT2D eigenvalue weighted by Gasteiger charge is 2.17. The Kier molecular flexibility index (Phi) is 4.12. The molecule has 0 atom stereocenters. The third kappa shape index (κ3) is 2.90. The zero-order valence-corrected chi connectivity index (χ0v) is 13.4. The van der Waals surface area contributed by atoms with Crippen molar-refractivity contribution in [2.75, 3.05) is 0 Å². The topological polar surface area (TPSA) is 17.1 Å². The smallest absolute Gasteiger partial charge is 0.194 e. The first-order chi connectivity index (χ1) is 8.90. The Labute approximate surface area is 126 Å². The molecule has 0 N–H and O–H groups in total. The van der Waals surface area contributed by atoms with Crippen molar-refractivity contribution in [3.8, 4) is 0 Å². The molecular weight excluding hydrogens is 324 g/mol. The minimum atomic E-state index is 0.0264. The van der Waals surface area contributed by atoms with Gasteiger partial charge in [0.25, 0.3) is 0 Å². The Balaban J connectivity index is 2.56. The zero-order valence-electron chi connectivity index (χ0n) is 11.1. The molecule has 0 saturated heterocycles. The van der Waals surface area contributed by atoms with Crippen LogP contribution in [0.1, 0.15) is 32.6 Å². The second kappa shape index (κ2) is 5.48. The second-order valence-electron chi connectivity index (χ2n) is 4.73. The molecule has 0 aliphatic heterocycles. The molecule has 2 aromatic rings. The average Bonchev–Trinajstić information content (AvgIpc) is 2.26. The Morgan fingerprint density at radius 2 is 1.63 bits per heavy atom. The third-order valence-corrected chi connectivity index (χ3v) is 3.97. The molecule has 0 saturated carbocycles. The van der Waals surface area contributed by atoms with E-state index >= 15 is 0 Å². The van der Waals surface area contributed by atoms with Gasteiger partial charge in [0.15, 0.2) is 5.78 Å². The Morgan fingerprint density at radius 3 is 2.16 bits per heavy atom. The van der Waals surface area contributed by atoms with Crippen molar-refractivity contribution in [2.45, 2.75) is 20.8 Å². The van der Waals surface area contributed by atoms with Gasteiger partial charge in [-0.05, 0) is 66.0 Å². The maximum absolute atomic E-state index is 12.7. The number of hydrogen-bond donors (Lipinski definition) is 0. The summed E-state index contributed by atoms with van der Waals surface area (Å²) in [6, 6.07) is 9.30. The minimum Gasteiger partial charge on any atom is -0.289 e. The molecule has 0 bridgehead atoms. The fourth-order valence-corrected chi connectivity index (χ4v) is 3.21. The third-order valence-electron chi connectivity index (χ3n) is 3.08. The number of carbonyl (C=O) groups excluding carboxylic acids is 1. The lowest BCUT2D eigenvalue weighted by atomic mass is 9.93. The van der Waals surface area contributed by atoms with Gasteiger partial charge in [-0.2, -0.15) is 0 Å². The molecule has 3 heteroatoms. The monoisotopic (exact) mass is 336 g/mol. The average molecular weight is 338 g/mol. The predicted octanol–water partition coefficient (Wildman–Crippen LogP) is 5.26. The highest BCUT2D eigenvalue weighted by molar-refractivity contribution is 9.10. The van der Waals surface area contributed by atoms with Crippen molar-refractivity contribution in [1.29, 1.82) is 0 Å². The lowest BCUT2D eigenvalue weighted by molar-refractivity contribution is 0.103. The Bertz CT molecular complexity index is 639. The van der Waals surface area contributed by atoms with Gasteiger partial charge in [0.1, 0.15) is 0 Å². The van der Waals surface area contributed by atoms with Crippen molar-refractivity contribution in [3.05, 3.63) is 67.6 Å². The number of benzene rings is 2. The van der Waals surface area contributed by atoms with Gasteiger partial charge in [0.2, 0.25) is 0 Å². The van der Waals surface area contributed by atoms with E-state index in [4.69, 9.17) is 11.6 Å². The van der Waals surface area contributed by atoms with E-state index in [9.17, 15) is 4.79 Å². The van der Waals surface area contributed by atoms with Crippen molar-refractivity contribution < 1.29 is 4.79 Å². The van der Waals surface area contributed by atoms with Crippen molar-refractivity contribution in [2.24, 2.45) is 0 Å². The molecule has 0 aliphatic carbocycles. The van der Waals surface area contributed by atoms with E-state index in [1.165, 1.54) is 5.56 Å². The van der Waals surface area contributed by atoms with Crippen LogP contribution in [0, 0.1) is 20.8 Å². The van der Waals surface area contributed by atoms with E-state index in [2.05, 4.69) is 15.9 Å². The van der Waals surface area contributed by atoms with Crippen LogP contribution < -0.4 is 0 Å². The van der Waals surface area contributed by atoms with Gasteiger partial charge in [-0.3, -0.25) is 4.79 Å². The first-order valence-electron chi connectivity index (χ1n) is 5.97. The first kappa shape index (κ1) is 14.3. The van der Waals surface area contributed by atoms with Crippen molar-refractivity contribution in [3.63, 3.8) is 0 Å². The van der Waals surface area contributed by atoms with E-state index < -0.39 is 0 Å². The summed E-state index contributed by atoms with van der Waals surface area (Å²) in [5, 5.41) is 0.612. The summed E-state index contributed by atoms with van der Waals surface area (Å²) < 4.78 is 0.726.